The van der Waals surface area contributed by atoms with Crippen LogP contribution in [0.3, 0.4) is 0 Å². The quantitative estimate of drug-likeness (QED) is 0.0622. The number of imide groups is 1. The van der Waals surface area contributed by atoms with Crippen LogP contribution in [0.25, 0.3) is 21.9 Å². The average Bonchev–Trinajstić information content (AvgIpc) is 3.80. The van der Waals surface area contributed by atoms with E-state index in [1.165, 1.54) is 42.0 Å². The molecule has 2 aromatic heterocycles. The van der Waals surface area contributed by atoms with Crippen molar-refractivity contribution in [3.63, 3.8) is 0 Å². The van der Waals surface area contributed by atoms with Gasteiger partial charge in [-0.05, 0) is 98.1 Å². The van der Waals surface area contributed by atoms with E-state index >= 15 is 0 Å². The van der Waals surface area contributed by atoms with Crippen LogP contribution in [0.15, 0.2) is 102 Å². The second-order valence-corrected chi connectivity index (χ2v) is 12.8. The van der Waals surface area contributed by atoms with Crippen LogP contribution >= 0.6 is 0 Å². The third-order valence-electron chi connectivity index (χ3n) is 9.57. The van der Waals surface area contributed by atoms with Crippen molar-refractivity contribution in [3.8, 4) is 6.07 Å². The lowest BCUT2D eigenvalue weighted by molar-refractivity contribution is -0.385. The number of non-ortho nitro benzene ring substituents is 2. The number of nitrogens with zero attached hydrogens (tertiary/aromatic N) is 6. The van der Waals surface area contributed by atoms with Crippen LogP contribution < -0.4 is 9.80 Å². The van der Waals surface area contributed by atoms with E-state index in [2.05, 4.69) is 20.9 Å². The summed E-state index contributed by atoms with van der Waals surface area (Å²) in [5, 5.41) is 33.4. The normalized spacial score (nSPS) is 13.2. The minimum atomic E-state index is -0.801. The Morgan fingerprint density at radius 2 is 1.53 bits per heavy atom. The fraction of sp³-hybridized carbons (Fsp3) is 0.205. The second-order valence-electron chi connectivity index (χ2n) is 12.8. The number of piperazine rings is 1. The summed E-state index contributed by atoms with van der Waals surface area (Å²) >= 11 is 0. The van der Waals surface area contributed by atoms with Crippen molar-refractivity contribution < 1.29 is 23.9 Å². The third-order valence-corrected chi connectivity index (χ3v) is 9.57. The lowest BCUT2D eigenvalue weighted by Crippen LogP contribution is -2.46. The Balaban J connectivity index is 1.01. The molecule has 14 heteroatoms. The first-order valence-corrected chi connectivity index (χ1v) is 17.1. The van der Waals surface area contributed by atoms with Crippen molar-refractivity contribution in [2.45, 2.75) is 19.3 Å². The van der Waals surface area contributed by atoms with Crippen LogP contribution in [-0.2, 0) is 6.42 Å². The minimum Gasteiger partial charge on any atom is -0.451 e. The summed E-state index contributed by atoms with van der Waals surface area (Å²) in [5.74, 6) is -1.70. The number of unbranched alkanes of at least 4 members (excludes halogenated alkanes) is 1. The Bertz CT molecular complexity index is 2390. The molecule has 1 fully saturated rings. The number of nitrogens with one attached hydrogen (secondary N) is 1. The minimum absolute atomic E-state index is 0.00392. The van der Waals surface area contributed by atoms with Gasteiger partial charge in [0.15, 0.2) is 5.76 Å². The van der Waals surface area contributed by atoms with E-state index in [-0.39, 0.29) is 28.4 Å². The van der Waals surface area contributed by atoms with Crippen molar-refractivity contribution in [1.82, 2.24) is 9.88 Å². The number of aryl methyl sites for hydroxylation is 1. The van der Waals surface area contributed by atoms with Gasteiger partial charge in [-0.25, -0.2) is 4.90 Å². The molecule has 1 aliphatic heterocycles. The van der Waals surface area contributed by atoms with Crippen LogP contribution in [0, 0.1) is 31.6 Å². The van der Waals surface area contributed by atoms with Crippen molar-refractivity contribution >= 4 is 56.4 Å². The Morgan fingerprint density at radius 3 is 2.21 bits per heavy atom. The van der Waals surface area contributed by atoms with Gasteiger partial charge in [-0.3, -0.25) is 34.7 Å². The van der Waals surface area contributed by atoms with Gasteiger partial charge in [-0.15, -0.1) is 0 Å². The van der Waals surface area contributed by atoms with E-state index in [4.69, 9.17) is 4.42 Å². The number of aromatic nitrogens is 1. The molecular formula is C39H33N7O7. The highest BCUT2D eigenvalue weighted by Gasteiger charge is 2.30. The fourth-order valence-corrected chi connectivity index (χ4v) is 6.68. The number of nitro benzene ring substituents is 2. The predicted octanol–water partition coefficient (Wildman–Crippen LogP) is 7.23. The number of benzene rings is 4. The van der Waals surface area contributed by atoms with E-state index in [1.807, 2.05) is 36.5 Å². The van der Waals surface area contributed by atoms with Gasteiger partial charge < -0.3 is 14.3 Å². The molecule has 6 aromatic rings. The number of hydrogen-bond acceptors (Lipinski definition) is 10. The number of aromatic amines is 1. The fourth-order valence-electron chi connectivity index (χ4n) is 6.68. The van der Waals surface area contributed by atoms with Crippen molar-refractivity contribution in [2.24, 2.45) is 0 Å². The number of carbonyl (C=O) groups excluding carboxylic acids is 2. The molecular weight excluding hydrogens is 678 g/mol. The summed E-state index contributed by atoms with van der Waals surface area (Å²) in [7, 11) is 0. The van der Waals surface area contributed by atoms with Gasteiger partial charge in [-0.1, -0.05) is 0 Å². The molecule has 0 atom stereocenters. The summed E-state index contributed by atoms with van der Waals surface area (Å²) in [6, 6.07) is 24.9. The van der Waals surface area contributed by atoms with Gasteiger partial charge in [0, 0.05) is 84.2 Å². The van der Waals surface area contributed by atoms with E-state index in [0.29, 0.717) is 16.5 Å². The molecule has 7 rings (SSSR count). The molecule has 0 bridgehead atoms. The third kappa shape index (κ3) is 7.32. The van der Waals surface area contributed by atoms with Crippen LogP contribution in [0.2, 0.25) is 0 Å². The van der Waals surface area contributed by atoms with Crippen LogP contribution in [-0.4, -0.2) is 64.3 Å². The number of amides is 2. The lowest BCUT2D eigenvalue weighted by atomic mass is 10.1. The number of anilines is 2. The number of nitro groups is 2. The Kier molecular flexibility index (Phi) is 9.65. The molecule has 0 aliphatic carbocycles. The average molecular weight is 712 g/mol. The standard InChI is InChI=1S/C39H33N7O7/c40-24-26-4-14-35-34(21-26)28(25-41-35)3-1-2-16-42-17-19-43(20-18-42)33-13-15-36-29(22-33)23-37(53-36)39(48)44(30-9-11-32(12-10-30)46(51)52)38(47)27-5-7-31(8-6-27)45(49)50/h4-15,21-23,25,41H,1-3,16-20H2. The molecule has 0 spiro atoms. The number of hydrogen-bond donors (Lipinski definition) is 1. The zero-order chi connectivity index (χ0) is 37.1. The summed E-state index contributed by atoms with van der Waals surface area (Å²) in [6.45, 7) is 4.45. The highest BCUT2D eigenvalue weighted by Crippen LogP contribution is 2.30. The molecule has 1 saturated heterocycles. The van der Waals surface area contributed by atoms with E-state index in [9.17, 15) is 35.1 Å². The summed E-state index contributed by atoms with van der Waals surface area (Å²) < 4.78 is 5.92. The van der Waals surface area contributed by atoms with Gasteiger partial charge >= 0.3 is 5.91 Å². The molecule has 14 nitrogen and oxygen atoms in total. The summed E-state index contributed by atoms with van der Waals surface area (Å²) in [6.07, 6.45) is 5.09. The topological polar surface area (TPSA) is 183 Å². The Labute approximate surface area is 302 Å². The number of H-pyrrole nitrogens is 1. The highest BCUT2D eigenvalue weighted by molar-refractivity contribution is 6.25. The number of carbonyl (C=O) groups is 2. The van der Waals surface area contributed by atoms with Crippen LogP contribution in [0.1, 0.15) is 44.9 Å². The molecule has 0 saturated carbocycles. The maximum Gasteiger partial charge on any atom is 0.301 e. The number of rotatable bonds is 11. The van der Waals surface area contributed by atoms with Crippen molar-refractivity contribution in [2.75, 3.05) is 42.5 Å². The van der Waals surface area contributed by atoms with Gasteiger partial charge in [0.05, 0.1) is 27.2 Å². The lowest BCUT2D eigenvalue weighted by Gasteiger charge is -2.36. The van der Waals surface area contributed by atoms with Gasteiger partial charge in [0.2, 0.25) is 0 Å². The van der Waals surface area contributed by atoms with E-state index in [0.717, 1.165) is 85.6 Å². The molecule has 1 aliphatic rings. The maximum atomic E-state index is 13.9. The molecule has 0 radical (unpaired) electrons. The van der Waals surface area contributed by atoms with Crippen molar-refractivity contribution in [3.05, 3.63) is 140 Å². The Morgan fingerprint density at radius 1 is 0.830 bits per heavy atom. The molecule has 53 heavy (non-hydrogen) atoms. The zero-order valence-corrected chi connectivity index (χ0v) is 28.4. The number of furan rings is 1. The SMILES string of the molecule is N#Cc1ccc2[nH]cc(CCCCN3CCN(c4ccc5oc(C(=O)N(C(=O)c6ccc([N+](=O)[O-])cc6)c6ccc([N+](=O)[O-])cc6)cc5c4)CC3)c2c1. The number of fused-ring (bicyclic) bond motifs is 2. The number of nitriles is 1. The van der Waals surface area contributed by atoms with E-state index in [1.54, 1.807) is 12.1 Å². The maximum absolute atomic E-state index is 13.9. The summed E-state index contributed by atoms with van der Waals surface area (Å²) in [5.41, 5.74) is 3.99. The van der Waals surface area contributed by atoms with Crippen LogP contribution in [0.5, 0.6) is 0 Å². The molecule has 0 unspecified atom stereocenters. The largest absolute Gasteiger partial charge is 0.451 e. The first-order chi connectivity index (χ1) is 25.7. The van der Waals surface area contributed by atoms with Gasteiger partial charge in [-0.2, -0.15) is 5.26 Å². The molecule has 4 aromatic carbocycles. The van der Waals surface area contributed by atoms with Gasteiger partial charge in [0.1, 0.15) is 5.58 Å². The molecule has 266 valence electrons. The predicted molar refractivity (Wildman–Crippen MR) is 198 cm³/mol. The smallest absolute Gasteiger partial charge is 0.301 e. The van der Waals surface area contributed by atoms with Gasteiger partial charge in [0.25, 0.3) is 17.3 Å². The monoisotopic (exact) mass is 711 g/mol. The molecule has 3 heterocycles. The first kappa shape index (κ1) is 34.6. The molecule has 1 N–H and O–H groups in total. The Hall–Kier alpha value is -6.85. The second kappa shape index (κ2) is 14.8. The highest BCUT2D eigenvalue weighted by atomic mass is 16.6. The zero-order valence-electron chi connectivity index (χ0n) is 28.4. The van der Waals surface area contributed by atoms with Crippen LogP contribution in [0.4, 0.5) is 22.7 Å². The first-order valence-electron chi connectivity index (χ1n) is 17.1. The molecule has 2 amide bonds. The van der Waals surface area contributed by atoms with Crippen molar-refractivity contribution in [1.29, 1.82) is 5.26 Å². The summed E-state index contributed by atoms with van der Waals surface area (Å²) in [4.78, 5) is 57.7. The van der Waals surface area contributed by atoms with E-state index < -0.39 is 21.7 Å².